The lowest BCUT2D eigenvalue weighted by molar-refractivity contribution is -0.384. The molecule has 6 heteroatoms. The zero-order valence-corrected chi connectivity index (χ0v) is 8.42. The van der Waals surface area contributed by atoms with Gasteiger partial charge in [0.25, 0.3) is 5.69 Å². The zero-order valence-electron chi connectivity index (χ0n) is 8.42. The SMILES string of the molecule is O=Cc1ccc(-c2cc([N+](=O)[O-])ccc2F)o1. The van der Waals surface area contributed by atoms with Crippen molar-refractivity contribution < 1.29 is 18.5 Å². The molecule has 17 heavy (non-hydrogen) atoms. The van der Waals surface area contributed by atoms with Gasteiger partial charge in [-0.15, -0.1) is 0 Å². The Balaban J connectivity index is 2.53. The zero-order chi connectivity index (χ0) is 12.4. The average Bonchev–Trinajstić information content (AvgIpc) is 2.77. The van der Waals surface area contributed by atoms with Crippen molar-refractivity contribution in [1.29, 1.82) is 0 Å². The highest BCUT2D eigenvalue weighted by Crippen LogP contribution is 2.28. The summed E-state index contributed by atoms with van der Waals surface area (Å²) in [6, 6.07) is 5.84. The third-order valence-corrected chi connectivity index (χ3v) is 2.17. The summed E-state index contributed by atoms with van der Waals surface area (Å²) in [7, 11) is 0. The lowest BCUT2D eigenvalue weighted by Crippen LogP contribution is -1.90. The van der Waals surface area contributed by atoms with E-state index in [2.05, 4.69) is 0 Å². The van der Waals surface area contributed by atoms with Crippen molar-refractivity contribution in [2.24, 2.45) is 0 Å². The van der Waals surface area contributed by atoms with Crippen molar-refractivity contribution in [2.75, 3.05) is 0 Å². The van der Waals surface area contributed by atoms with Crippen LogP contribution < -0.4 is 0 Å². The maximum absolute atomic E-state index is 13.5. The monoisotopic (exact) mass is 235 g/mol. The summed E-state index contributed by atoms with van der Waals surface area (Å²) in [5, 5.41) is 10.6. The summed E-state index contributed by atoms with van der Waals surface area (Å²) >= 11 is 0. The molecule has 0 aliphatic carbocycles. The van der Waals surface area contributed by atoms with Crippen molar-refractivity contribution in [1.82, 2.24) is 0 Å². The first-order valence-electron chi connectivity index (χ1n) is 4.61. The van der Waals surface area contributed by atoms with Gasteiger partial charge in [-0.1, -0.05) is 0 Å². The molecule has 0 amide bonds. The number of carbonyl (C=O) groups is 1. The number of nitro groups is 1. The molecular weight excluding hydrogens is 229 g/mol. The summed E-state index contributed by atoms with van der Waals surface area (Å²) in [6.07, 6.45) is 0.471. The Morgan fingerprint density at radius 3 is 2.65 bits per heavy atom. The fourth-order valence-corrected chi connectivity index (χ4v) is 1.38. The molecule has 1 aromatic carbocycles. The van der Waals surface area contributed by atoms with Gasteiger partial charge in [-0.25, -0.2) is 4.39 Å². The molecule has 0 atom stereocenters. The smallest absolute Gasteiger partial charge is 0.270 e. The van der Waals surface area contributed by atoms with Crippen molar-refractivity contribution in [2.45, 2.75) is 0 Å². The predicted molar refractivity (Wildman–Crippen MR) is 56.1 cm³/mol. The number of hydrogen-bond donors (Lipinski definition) is 0. The highest BCUT2D eigenvalue weighted by atomic mass is 19.1. The van der Waals surface area contributed by atoms with Crippen LogP contribution in [0.1, 0.15) is 10.6 Å². The number of rotatable bonds is 3. The van der Waals surface area contributed by atoms with E-state index in [0.29, 0.717) is 6.29 Å². The Hall–Kier alpha value is -2.50. The molecule has 2 aromatic rings. The van der Waals surface area contributed by atoms with Crippen LogP contribution in [0.15, 0.2) is 34.7 Å². The van der Waals surface area contributed by atoms with Crippen LogP contribution in [0.3, 0.4) is 0 Å². The van der Waals surface area contributed by atoms with Crippen LogP contribution in [0.2, 0.25) is 0 Å². The molecule has 0 fully saturated rings. The van der Waals surface area contributed by atoms with E-state index in [9.17, 15) is 19.3 Å². The van der Waals surface area contributed by atoms with E-state index in [1.807, 2.05) is 0 Å². The third-order valence-electron chi connectivity index (χ3n) is 2.17. The quantitative estimate of drug-likeness (QED) is 0.465. The van der Waals surface area contributed by atoms with Crippen LogP contribution in [0.25, 0.3) is 11.3 Å². The first-order chi connectivity index (χ1) is 8.11. The second kappa shape index (κ2) is 4.17. The van der Waals surface area contributed by atoms with Crippen molar-refractivity contribution in [3.05, 3.63) is 52.0 Å². The molecule has 0 unspecified atom stereocenters. The normalized spacial score (nSPS) is 10.2. The minimum atomic E-state index is -0.651. The number of carbonyl (C=O) groups excluding carboxylic acids is 1. The molecule has 0 saturated carbocycles. The van der Waals surface area contributed by atoms with E-state index in [0.717, 1.165) is 18.2 Å². The Morgan fingerprint density at radius 1 is 1.29 bits per heavy atom. The largest absolute Gasteiger partial charge is 0.453 e. The maximum Gasteiger partial charge on any atom is 0.270 e. The van der Waals surface area contributed by atoms with E-state index >= 15 is 0 Å². The van der Waals surface area contributed by atoms with E-state index < -0.39 is 10.7 Å². The Labute approximate surface area is 94.6 Å². The van der Waals surface area contributed by atoms with Crippen LogP contribution in [0.4, 0.5) is 10.1 Å². The van der Waals surface area contributed by atoms with Crippen LogP contribution in [0.5, 0.6) is 0 Å². The van der Waals surface area contributed by atoms with Gasteiger partial charge in [-0.3, -0.25) is 14.9 Å². The Bertz CT molecular complexity index is 591. The number of halogens is 1. The van der Waals surface area contributed by atoms with Gasteiger partial charge < -0.3 is 4.42 Å². The number of nitro benzene ring substituents is 1. The standard InChI is InChI=1S/C11H6FNO4/c12-10-3-1-7(13(15)16)5-9(10)11-4-2-8(6-14)17-11/h1-6H. The molecule has 1 aromatic heterocycles. The molecule has 86 valence electrons. The first kappa shape index (κ1) is 11.0. The number of aldehydes is 1. The minimum Gasteiger partial charge on any atom is -0.453 e. The fraction of sp³-hybridized carbons (Fsp3) is 0. The fourth-order valence-electron chi connectivity index (χ4n) is 1.38. The lowest BCUT2D eigenvalue weighted by Gasteiger charge is -1.99. The molecular formula is C11H6FNO4. The lowest BCUT2D eigenvalue weighted by atomic mass is 10.1. The summed E-state index contributed by atoms with van der Waals surface area (Å²) in [6.45, 7) is 0. The summed E-state index contributed by atoms with van der Waals surface area (Å²) in [4.78, 5) is 20.3. The first-order valence-corrected chi connectivity index (χ1v) is 4.61. The highest BCUT2D eigenvalue weighted by molar-refractivity contribution is 5.73. The molecule has 0 saturated heterocycles. The molecule has 0 aliphatic rings. The van der Waals surface area contributed by atoms with E-state index in [4.69, 9.17) is 4.42 Å². The number of hydrogen-bond acceptors (Lipinski definition) is 4. The van der Waals surface area contributed by atoms with E-state index in [1.54, 1.807) is 0 Å². The van der Waals surface area contributed by atoms with Gasteiger partial charge >= 0.3 is 0 Å². The summed E-state index contributed by atoms with van der Waals surface area (Å²) < 4.78 is 18.5. The van der Waals surface area contributed by atoms with E-state index in [1.165, 1.54) is 12.1 Å². The maximum atomic E-state index is 13.5. The molecule has 0 N–H and O–H groups in total. The van der Waals surface area contributed by atoms with Crippen LogP contribution in [0, 0.1) is 15.9 Å². The van der Waals surface area contributed by atoms with Crippen molar-refractivity contribution in [3.63, 3.8) is 0 Å². The molecule has 1 heterocycles. The molecule has 2 rings (SSSR count). The molecule has 0 spiro atoms. The van der Waals surface area contributed by atoms with E-state index in [-0.39, 0.29) is 22.8 Å². The van der Waals surface area contributed by atoms with Gasteiger partial charge in [0.1, 0.15) is 11.6 Å². The van der Waals surface area contributed by atoms with Gasteiger partial charge in [-0.05, 0) is 18.2 Å². The summed E-state index contributed by atoms with van der Waals surface area (Å²) in [5.41, 5.74) is -0.294. The van der Waals surface area contributed by atoms with Crippen molar-refractivity contribution >= 4 is 12.0 Å². The van der Waals surface area contributed by atoms with Crippen LogP contribution in [-0.4, -0.2) is 11.2 Å². The van der Waals surface area contributed by atoms with Crippen molar-refractivity contribution in [3.8, 4) is 11.3 Å². The summed E-state index contributed by atoms with van der Waals surface area (Å²) in [5.74, 6) is -0.540. The third kappa shape index (κ3) is 2.05. The average molecular weight is 235 g/mol. The number of benzene rings is 1. The Kier molecular flexibility index (Phi) is 2.70. The molecule has 0 aliphatic heterocycles. The predicted octanol–water partition coefficient (Wildman–Crippen LogP) is 2.81. The molecule has 0 radical (unpaired) electrons. The van der Waals surface area contributed by atoms with Crippen LogP contribution >= 0.6 is 0 Å². The second-order valence-corrected chi connectivity index (χ2v) is 3.24. The molecule has 0 bridgehead atoms. The van der Waals surface area contributed by atoms with Gasteiger partial charge in [0.15, 0.2) is 12.0 Å². The number of non-ortho nitro benzene ring substituents is 1. The van der Waals surface area contributed by atoms with Gasteiger partial charge in [0, 0.05) is 12.1 Å². The minimum absolute atomic E-state index is 0.0332. The van der Waals surface area contributed by atoms with Gasteiger partial charge in [0.05, 0.1) is 10.5 Å². The Morgan fingerprint density at radius 2 is 2.06 bits per heavy atom. The van der Waals surface area contributed by atoms with Gasteiger partial charge in [-0.2, -0.15) is 0 Å². The number of nitrogens with zero attached hydrogens (tertiary/aromatic N) is 1. The highest BCUT2D eigenvalue weighted by Gasteiger charge is 2.15. The van der Waals surface area contributed by atoms with Crippen LogP contribution in [-0.2, 0) is 0 Å². The topological polar surface area (TPSA) is 73.3 Å². The molecule has 5 nitrogen and oxygen atoms in total. The van der Waals surface area contributed by atoms with Gasteiger partial charge in [0.2, 0.25) is 0 Å². The number of furan rings is 1. The second-order valence-electron chi connectivity index (χ2n) is 3.24.